The lowest BCUT2D eigenvalue weighted by atomic mass is 10.1. The fraction of sp³-hybridized carbons (Fsp3) is 0.250. The van der Waals surface area contributed by atoms with Crippen molar-refractivity contribution in [2.45, 2.75) is 13.0 Å². The summed E-state index contributed by atoms with van der Waals surface area (Å²) in [6.45, 7) is 0.201. The third kappa shape index (κ3) is 4.70. The van der Waals surface area contributed by atoms with Gasteiger partial charge in [-0.05, 0) is 17.7 Å². The van der Waals surface area contributed by atoms with E-state index in [1.165, 1.54) is 23.5 Å². The summed E-state index contributed by atoms with van der Waals surface area (Å²) in [5.41, 5.74) is 0.993. The van der Waals surface area contributed by atoms with Gasteiger partial charge in [-0.1, -0.05) is 12.1 Å². The van der Waals surface area contributed by atoms with Crippen LogP contribution < -0.4 is 4.72 Å². The molecule has 0 atom stereocenters. The van der Waals surface area contributed by atoms with Gasteiger partial charge in [-0.3, -0.25) is 0 Å². The van der Waals surface area contributed by atoms with Crippen LogP contribution in [0.4, 0.5) is 4.39 Å². The molecule has 1 aromatic carbocycles. The molecule has 4 nitrogen and oxygen atoms in total. The molecule has 2 rings (SSSR count). The molecule has 0 aliphatic heterocycles. The van der Waals surface area contributed by atoms with Crippen molar-refractivity contribution in [1.82, 2.24) is 9.71 Å². The average molecular weight is 300 g/mol. The average Bonchev–Trinajstić information content (AvgIpc) is 2.77. The lowest BCUT2D eigenvalue weighted by molar-refractivity contribution is 0.587. The van der Waals surface area contributed by atoms with Gasteiger partial charge < -0.3 is 0 Å². The first kappa shape index (κ1) is 14.1. The summed E-state index contributed by atoms with van der Waals surface area (Å²) in [6.07, 6.45) is 3.49. The van der Waals surface area contributed by atoms with Crippen LogP contribution in [0.1, 0.15) is 15.4 Å². The number of hydrogen-bond acceptors (Lipinski definition) is 4. The summed E-state index contributed by atoms with van der Waals surface area (Å²) >= 11 is 1.44. The fourth-order valence-electron chi connectivity index (χ4n) is 1.51. The van der Waals surface area contributed by atoms with Crippen molar-refractivity contribution in [3.8, 4) is 0 Å². The van der Waals surface area contributed by atoms with Crippen molar-refractivity contribution in [2.24, 2.45) is 0 Å². The SMILES string of the molecule is CS(=O)(=O)NCc1ncc(Cc2ccc(F)cc2)s1. The molecule has 0 bridgehead atoms. The quantitative estimate of drug-likeness (QED) is 0.918. The molecule has 102 valence electrons. The maximum Gasteiger partial charge on any atom is 0.209 e. The highest BCUT2D eigenvalue weighted by Gasteiger charge is 2.06. The zero-order valence-corrected chi connectivity index (χ0v) is 11.9. The monoisotopic (exact) mass is 300 g/mol. The standard InChI is InChI=1S/C12H13FN2O2S2/c1-19(16,17)15-8-12-14-7-11(18-12)6-9-2-4-10(13)5-3-9/h2-5,7,15H,6,8H2,1H3. The van der Waals surface area contributed by atoms with Crippen molar-refractivity contribution >= 4 is 21.4 Å². The smallest absolute Gasteiger partial charge is 0.209 e. The molecule has 0 amide bonds. The Morgan fingerprint density at radius 3 is 2.63 bits per heavy atom. The van der Waals surface area contributed by atoms with E-state index in [2.05, 4.69) is 9.71 Å². The Bertz CT molecular complexity index is 651. The predicted octanol–water partition coefficient (Wildman–Crippen LogP) is 1.92. The van der Waals surface area contributed by atoms with Crippen LogP contribution in [0.2, 0.25) is 0 Å². The second-order valence-corrected chi connectivity index (χ2v) is 7.15. The largest absolute Gasteiger partial charge is 0.248 e. The second kappa shape index (κ2) is 5.77. The van der Waals surface area contributed by atoms with Gasteiger partial charge in [-0.15, -0.1) is 11.3 Å². The van der Waals surface area contributed by atoms with E-state index in [0.717, 1.165) is 16.7 Å². The number of nitrogens with zero attached hydrogens (tertiary/aromatic N) is 1. The Balaban J connectivity index is 1.99. The summed E-state index contributed by atoms with van der Waals surface area (Å²) in [4.78, 5) is 5.16. The van der Waals surface area contributed by atoms with Crippen LogP contribution in [0.25, 0.3) is 0 Å². The van der Waals surface area contributed by atoms with E-state index >= 15 is 0 Å². The van der Waals surface area contributed by atoms with Gasteiger partial charge in [0.1, 0.15) is 10.8 Å². The van der Waals surface area contributed by atoms with Crippen molar-refractivity contribution in [1.29, 1.82) is 0 Å². The Morgan fingerprint density at radius 2 is 2.00 bits per heavy atom. The van der Waals surface area contributed by atoms with Crippen molar-refractivity contribution in [2.75, 3.05) is 6.26 Å². The minimum absolute atomic E-state index is 0.201. The van der Waals surface area contributed by atoms with Crippen LogP contribution in [0, 0.1) is 5.82 Å². The van der Waals surface area contributed by atoms with Crippen molar-refractivity contribution < 1.29 is 12.8 Å². The minimum Gasteiger partial charge on any atom is -0.248 e. The Labute approximate surface area is 115 Å². The number of nitrogens with one attached hydrogen (secondary N) is 1. The van der Waals surface area contributed by atoms with E-state index in [1.54, 1.807) is 18.3 Å². The van der Waals surface area contributed by atoms with E-state index in [9.17, 15) is 12.8 Å². The maximum absolute atomic E-state index is 12.8. The highest BCUT2D eigenvalue weighted by Crippen LogP contribution is 2.17. The van der Waals surface area contributed by atoms with Crippen molar-refractivity contribution in [3.05, 3.63) is 51.7 Å². The number of halogens is 1. The highest BCUT2D eigenvalue weighted by atomic mass is 32.2. The summed E-state index contributed by atoms with van der Waals surface area (Å²) in [5.74, 6) is -0.258. The van der Waals surface area contributed by atoms with Gasteiger partial charge >= 0.3 is 0 Å². The number of thiazole rings is 1. The summed E-state index contributed by atoms with van der Waals surface area (Å²) in [7, 11) is -3.20. The van der Waals surface area contributed by atoms with E-state index in [-0.39, 0.29) is 12.4 Å². The molecule has 1 heterocycles. The van der Waals surface area contributed by atoms with Gasteiger partial charge in [0.25, 0.3) is 0 Å². The van der Waals surface area contributed by atoms with E-state index < -0.39 is 10.0 Å². The van der Waals surface area contributed by atoms with Gasteiger partial charge in [0.05, 0.1) is 12.8 Å². The zero-order valence-electron chi connectivity index (χ0n) is 10.3. The molecule has 0 spiro atoms. The summed E-state index contributed by atoms with van der Waals surface area (Å²) in [5, 5.41) is 0.711. The number of benzene rings is 1. The first-order valence-electron chi connectivity index (χ1n) is 5.55. The third-order valence-corrected chi connectivity index (χ3v) is 4.04. The Hall–Kier alpha value is -1.31. The predicted molar refractivity (Wildman–Crippen MR) is 73.0 cm³/mol. The van der Waals surface area contributed by atoms with Crippen LogP contribution in [-0.4, -0.2) is 19.7 Å². The molecule has 7 heteroatoms. The van der Waals surface area contributed by atoms with E-state index in [0.29, 0.717) is 11.4 Å². The van der Waals surface area contributed by atoms with Gasteiger partial charge in [0.15, 0.2) is 0 Å². The van der Waals surface area contributed by atoms with Crippen LogP contribution in [0.5, 0.6) is 0 Å². The number of hydrogen-bond donors (Lipinski definition) is 1. The minimum atomic E-state index is -3.20. The van der Waals surface area contributed by atoms with Crippen LogP contribution >= 0.6 is 11.3 Å². The summed E-state index contributed by atoms with van der Waals surface area (Å²) < 4.78 is 37.1. The van der Waals surface area contributed by atoms with Gasteiger partial charge in [-0.2, -0.15) is 0 Å². The van der Waals surface area contributed by atoms with Crippen LogP contribution in [0.3, 0.4) is 0 Å². The van der Waals surface area contributed by atoms with Gasteiger partial charge in [0, 0.05) is 17.5 Å². The van der Waals surface area contributed by atoms with Crippen LogP contribution in [0.15, 0.2) is 30.5 Å². The maximum atomic E-state index is 12.8. The Kier molecular flexibility index (Phi) is 4.28. The molecular weight excluding hydrogens is 287 g/mol. The number of sulfonamides is 1. The molecule has 0 radical (unpaired) electrons. The van der Waals surface area contributed by atoms with E-state index in [1.807, 2.05) is 0 Å². The molecule has 0 saturated heterocycles. The fourth-order valence-corrected chi connectivity index (χ4v) is 2.89. The second-order valence-electron chi connectivity index (χ2n) is 4.12. The van der Waals surface area contributed by atoms with Crippen LogP contribution in [-0.2, 0) is 23.0 Å². The summed E-state index contributed by atoms with van der Waals surface area (Å²) in [6, 6.07) is 6.29. The normalized spacial score (nSPS) is 11.7. The molecule has 1 N–H and O–H groups in total. The molecule has 2 aromatic rings. The molecular formula is C12H13FN2O2S2. The lowest BCUT2D eigenvalue weighted by Gasteiger charge is -1.98. The lowest BCUT2D eigenvalue weighted by Crippen LogP contribution is -2.20. The Morgan fingerprint density at radius 1 is 1.32 bits per heavy atom. The van der Waals surface area contributed by atoms with Gasteiger partial charge in [-0.25, -0.2) is 22.5 Å². The molecule has 0 saturated carbocycles. The first-order valence-corrected chi connectivity index (χ1v) is 8.26. The molecule has 1 aromatic heterocycles. The molecule has 19 heavy (non-hydrogen) atoms. The molecule has 0 fully saturated rings. The topological polar surface area (TPSA) is 59.1 Å². The third-order valence-electron chi connectivity index (χ3n) is 2.38. The number of aromatic nitrogens is 1. The molecule has 0 unspecified atom stereocenters. The highest BCUT2D eigenvalue weighted by molar-refractivity contribution is 7.88. The van der Waals surface area contributed by atoms with Crippen molar-refractivity contribution in [3.63, 3.8) is 0 Å². The molecule has 0 aliphatic rings. The van der Waals surface area contributed by atoms with Gasteiger partial charge in [0.2, 0.25) is 10.0 Å². The molecule has 0 aliphatic carbocycles. The zero-order chi connectivity index (χ0) is 13.9. The number of rotatable bonds is 5. The van der Waals surface area contributed by atoms with E-state index in [4.69, 9.17) is 0 Å². The first-order chi connectivity index (χ1) is 8.92.